The zero-order valence-electron chi connectivity index (χ0n) is 11.7. The van der Waals surface area contributed by atoms with Crippen molar-refractivity contribution in [1.82, 2.24) is 0 Å². The van der Waals surface area contributed by atoms with Crippen molar-refractivity contribution in [3.8, 4) is 0 Å². The van der Waals surface area contributed by atoms with Crippen LogP contribution in [0.2, 0.25) is 0 Å². The molecule has 5 fully saturated rings. The molecule has 20 heavy (non-hydrogen) atoms. The molecule has 0 spiro atoms. The second kappa shape index (κ2) is 3.88. The van der Waals surface area contributed by atoms with Gasteiger partial charge in [0.15, 0.2) is 0 Å². The van der Waals surface area contributed by atoms with Gasteiger partial charge in [-0.1, -0.05) is 0 Å². The average molecular weight is 287 g/mol. The molecule has 106 valence electrons. The van der Waals surface area contributed by atoms with E-state index < -0.39 is 0 Å². The summed E-state index contributed by atoms with van der Waals surface area (Å²) in [6.45, 7) is 0. The minimum absolute atomic E-state index is 0.0112. The zero-order chi connectivity index (χ0) is 13.3. The van der Waals surface area contributed by atoms with Crippen LogP contribution in [-0.4, -0.2) is 5.91 Å². The molecule has 2 atom stereocenters. The Kier molecular flexibility index (Phi) is 2.29. The van der Waals surface area contributed by atoms with Gasteiger partial charge in [-0.2, -0.15) is 0 Å². The maximum Gasteiger partial charge on any atom is 0.231 e. The molecule has 5 saturated carbocycles. The van der Waals surface area contributed by atoms with Gasteiger partial charge in [-0.3, -0.25) is 4.79 Å². The van der Waals surface area contributed by atoms with Crippen LogP contribution in [0, 0.1) is 23.2 Å². The smallest absolute Gasteiger partial charge is 0.231 e. The Balaban J connectivity index is 1.37. The highest BCUT2D eigenvalue weighted by Crippen LogP contribution is 2.65. The Morgan fingerprint density at radius 2 is 1.95 bits per heavy atom. The first-order valence-electron chi connectivity index (χ1n) is 8.13. The lowest BCUT2D eigenvalue weighted by molar-refractivity contribution is -0.127. The van der Waals surface area contributed by atoms with E-state index in [-0.39, 0.29) is 5.41 Å². The molecule has 1 aromatic heterocycles. The molecule has 1 heterocycles. The van der Waals surface area contributed by atoms with E-state index in [0.717, 1.165) is 22.8 Å². The fraction of sp³-hybridized carbons (Fsp3) is 0.706. The predicted octanol–water partition coefficient (Wildman–Crippen LogP) is 4.39. The van der Waals surface area contributed by atoms with Gasteiger partial charge in [0.05, 0.1) is 10.4 Å². The number of hydrogen-bond acceptors (Lipinski definition) is 2. The summed E-state index contributed by atoms with van der Waals surface area (Å²) >= 11 is 1.72. The first-order chi connectivity index (χ1) is 9.73. The number of rotatable bonds is 3. The molecule has 3 heteroatoms. The molecular formula is C17H21NOS. The van der Waals surface area contributed by atoms with Crippen LogP contribution >= 0.6 is 11.3 Å². The number of anilines is 1. The van der Waals surface area contributed by atoms with Crippen molar-refractivity contribution in [3.63, 3.8) is 0 Å². The third-order valence-electron chi connectivity index (χ3n) is 6.35. The molecule has 4 bridgehead atoms. The first-order valence-corrected chi connectivity index (χ1v) is 9.01. The van der Waals surface area contributed by atoms with E-state index in [4.69, 9.17) is 0 Å². The van der Waals surface area contributed by atoms with E-state index in [2.05, 4.69) is 16.8 Å². The fourth-order valence-corrected chi connectivity index (χ4v) is 6.33. The van der Waals surface area contributed by atoms with E-state index in [1.807, 2.05) is 0 Å². The number of carbonyl (C=O) groups is 1. The molecule has 1 amide bonds. The Morgan fingerprint density at radius 3 is 2.65 bits per heavy atom. The minimum atomic E-state index is 0.0112. The van der Waals surface area contributed by atoms with Crippen LogP contribution in [0.4, 0.5) is 5.00 Å². The van der Waals surface area contributed by atoms with Crippen molar-refractivity contribution in [2.24, 2.45) is 23.2 Å². The van der Waals surface area contributed by atoms with Crippen molar-refractivity contribution in [1.29, 1.82) is 0 Å². The van der Waals surface area contributed by atoms with Crippen LogP contribution in [0.5, 0.6) is 0 Å². The van der Waals surface area contributed by atoms with E-state index in [9.17, 15) is 4.79 Å². The Morgan fingerprint density at radius 1 is 1.20 bits per heavy atom. The summed E-state index contributed by atoms with van der Waals surface area (Å²) in [5, 5.41) is 6.59. The van der Waals surface area contributed by atoms with Gasteiger partial charge in [0, 0.05) is 0 Å². The van der Waals surface area contributed by atoms with Crippen LogP contribution < -0.4 is 5.32 Å². The van der Waals surface area contributed by atoms with Crippen molar-refractivity contribution >= 4 is 22.2 Å². The van der Waals surface area contributed by atoms with E-state index in [1.54, 1.807) is 11.3 Å². The molecule has 5 aliphatic rings. The van der Waals surface area contributed by atoms with E-state index in [1.165, 1.54) is 50.5 Å². The van der Waals surface area contributed by atoms with Gasteiger partial charge in [0.2, 0.25) is 5.91 Å². The lowest BCUT2D eigenvalue weighted by atomic mass is 9.75. The van der Waals surface area contributed by atoms with E-state index >= 15 is 0 Å². The fourth-order valence-electron chi connectivity index (χ4n) is 5.45. The Hall–Kier alpha value is -0.830. The standard InChI is InChI=1S/C17H21NOS/c19-16(18-15-6-13(9-20-15)12-1-2-12)17-7-10-3-11(8-17)5-14(17)4-10/h6,9-12,14H,1-5,7-8H2,(H,18,19). The minimum Gasteiger partial charge on any atom is -0.317 e. The van der Waals surface area contributed by atoms with Gasteiger partial charge >= 0.3 is 0 Å². The highest BCUT2D eigenvalue weighted by atomic mass is 32.1. The molecular weight excluding hydrogens is 266 g/mol. The monoisotopic (exact) mass is 287 g/mol. The third kappa shape index (κ3) is 1.59. The molecule has 2 unspecified atom stereocenters. The molecule has 0 radical (unpaired) electrons. The van der Waals surface area contributed by atoms with Crippen LogP contribution in [0.1, 0.15) is 56.4 Å². The maximum atomic E-state index is 12.9. The molecule has 1 N–H and O–H groups in total. The predicted molar refractivity (Wildman–Crippen MR) is 80.9 cm³/mol. The third-order valence-corrected chi connectivity index (χ3v) is 7.21. The maximum absolute atomic E-state index is 12.9. The van der Waals surface area contributed by atoms with Gasteiger partial charge in [0.25, 0.3) is 0 Å². The van der Waals surface area contributed by atoms with Gasteiger partial charge in [-0.05, 0) is 85.6 Å². The normalized spacial score (nSPS) is 41.3. The first kappa shape index (κ1) is 11.8. The van der Waals surface area contributed by atoms with Gasteiger partial charge < -0.3 is 5.32 Å². The summed E-state index contributed by atoms with van der Waals surface area (Å²) in [6, 6.07) is 2.22. The summed E-state index contributed by atoms with van der Waals surface area (Å²) in [6.07, 6.45) is 9.04. The molecule has 0 saturated heterocycles. The molecule has 1 aromatic rings. The summed E-state index contributed by atoms with van der Waals surface area (Å²) in [5.74, 6) is 3.52. The average Bonchev–Trinajstić information content (AvgIpc) is 3.05. The lowest BCUT2D eigenvalue weighted by Gasteiger charge is -2.31. The zero-order valence-corrected chi connectivity index (χ0v) is 12.5. The van der Waals surface area contributed by atoms with Crippen LogP contribution in [0.3, 0.4) is 0 Å². The number of carbonyl (C=O) groups excluding carboxylic acids is 1. The van der Waals surface area contributed by atoms with Gasteiger partial charge in [-0.15, -0.1) is 11.3 Å². The molecule has 0 aromatic carbocycles. The van der Waals surface area contributed by atoms with Crippen molar-refractivity contribution < 1.29 is 4.79 Å². The van der Waals surface area contributed by atoms with Crippen LogP contribution in [0.25, 0.3) is 0 Å². The highest BCUT2D eigenvalue weighted by Gasteiger charge is 2.61. The Bertz CT molecular complexity index is 559. The van der Waals surface area contributed by atoms with Gasteiger partial charge in [0.1, 0.15) is 0 Å². The molecule has 6 rings (SSSR count). The number of hydrogen-bond donors (Lipinski definition) is 1. The van der Waals surface area contributed by atoms with Crippen molar-refractivity contribution in [3.05, 3.63) is 17.0 Å². The summed E-state index contributed by atoms with van der Waals surface area (Å²) in [5.41, 5.74) is 1.46. The van der Waals surface area contributed by atoms with Crippen molar-refractivity contribution in [2.75, 3.05) is 5.32 Å². The quantitative estimate of drug-likeness (QED) is 0.877. The Labute approximate surface area is 124 Å². The second-order valence-corrected chi connectivity index (χ2v) is 8.58. The summed E-state index contributed by atoms with van der Waals surface area (Å²) < 4.78 is 0. The number of amides is 1. The molecule has 0 aliphatic heterocycles. The van der Waals surface area contributed by atoms with Crippen molar-refractivity contribution in [2.45, 2.75) is 50.9 Å². The van der Waals surface area contributed by atoms with Gasteiger partial charge in [-0.25, -0.2) is 0 Å². The van der Waals surface area contributed by atoms with Crippen LogP contribution in [0.15, 0.2) is 11.4 Å². The van der Waals surface area contributed by atoms with Crippen LogP contribution in [-0.2, 0) is 4.79 Å². The second-order valence-electron chi connectivity index (χ2n) is 7.67. The van der Waals surface area contributed by atoms with E-state index in [0.29, 0.717) is 11.8 Å². The number of thiophene rings is 1. The topological polar surface area (TPSA) is 29.1 Å². The summed E-state index contributed by atoms with van der Waals surface area (Å²) in [7, 11) is 0. The number of nitrogens with one attached hydrogen (secondary N) is 1. The highest BCUT2D eigenvalue weighted by molar-refractivity contribution is 7.14. The SMILES string of the molecule is O=C(Nc1cc(C2CC2)cs1)C12CC3CC(CC1C3)C2. The lowest BCUT2D eigenvalue weighted by Crippen LogP contribution is -2.37. The summed E-state index contributed by atoms with van der Waals surface area (Å²) in [4.78, 5) is 12.9. The largest absolute Gasteiger partial charge is 0.317 e. The molecule has 2 nitrogen and oxygen atoms in total. The molecule has 5 aliphatic carbocycles.